The number of rotatable bonds is 3. The Bertz CT molecular complexity index is 945. The van der Waals surface area contributed by atoms with E-state index in [2.05, 4.69) is 15.7 Å². The molecule has 6 nitrogen and oxygen atoms in total. The summed E-state index contributed by atoms with van der Waals surface area (Å²) in [5.74, 6) is 0.474. The van der Waals surface area contributed by atoms with Gasteiger partial charge in [-0.15, -0.1) is 0 Å². The van der Waals surface area contributed by atoms with Crippen molar-refractivity contribution >= 4 is 29.3 Å². The molecule has 2 aromatic rings. The standard InChI is InChI=1S/C20H18N4O2/c1-13-21-12-24(23-13)16-8-6-14(7-9-16)17-5-3-2-4-15(17)10-18-19(25)11-20(26)22-18/h2-10H,11-12H2,1H3,(H,21,23)(H,22,26)/b18-10-. The second-order valence-corrected chi connectivity index (χ2v) is 6.26. The normalized spacial score (nSPS) is 18.1. The number of amidine groups is 1. The van der Waals surface area contributed by atoms with Gasteiger partial charge in [0.25, 0.3) is 0 Å². The van der Waals surface area contributed by atoms with Crippen molar-refractivity contribution in [3.05, 3.63) is 59.8 Å². The molecule has 0 unspecified atom stereocenters. The number of hydrazone groups is 1. The van der Waals surface area contributed by atoms with Gasteiger partial charge in [0.05, 0.1) is 17.8 Å². The van der Waals surface area contributed by atoms with Gasteiger partial charge in [0.2, 0.25) is 5.91 Å². The number of nitrogens with one attached hydrogen (secondary N) is 2. The van der Waals surface area contributed by atoms with Crippen LogP contribution in [0.15, 0.2) is 59.3 Å². The molecule has 2 heterocycles. The number of ketones is 1. The summed E-state index contributed by atoms with van der Waals surface area (Å²) in [6, 6.07) is 15.9. The number of allylic oxidation sites excluding steroid dienone is 1. The molecule has 1 fully saturated rings. The molecule has 0 spiro atoms. The van der Waals surface area contributed by atoms with Gasteiger partial charge < -0.3 is 10.6 Å². The lowest BCUT2D eigenvalue weighted by Crippen LogP contribution is -2.22. The number of carbonyl (C=O) groups excluding carboxylic acids is 2. The highest BCUT2D eigenvalue weighted by atomic mass is 16.2. The third-order valence-corrected chi connectivity index (χ3v) is 4.39. The Morgan fingerprint density at radius 1 is 1.08 bits per heavy atom. The molecule has 0 bridgehead atoms. The van der Waals surface area contributed by atoms with E-state index in [9.17, 15) is 9.59 Å². The number of nitrogens with zero attached hydrogens (tertiary/aromatic N) is 2. The molecule has 1 saturated heterocycles. The van der Waals surface area contributed by atoms with Crippen molar-refractivity contribution in [3.63, 3.8) is 0 Å². The fourth-order valence-electron chi connectivity index (χ4n) is 3.07. The summed E-state index contributed by atoms with van der Waals surface area (Å²) >= 11 is 0. The smallest absolute Gasteiger partial charge is 0.232 e. The van der Waals surface area contributed by atoms with Crippen LogP contribution >= 0.6 is 0 Å². The van der Waals surface area contributed by atoms with Crippen molar-refractivity contribution in [1.29, 1.82) is 0 Å². The lowest BCUT2D eigenvalue weighted by atomic mass is 9.98. The van der Waals surface area contributed by atoms with E-state index < -0.39 is 0 Å². The molecule has 6 heteroatoms. The third-order valence-electron chi connectivity index (χ3n) is 4.39. The van der Waals surface area contributed by atoms with Gasteiger partial charge in [-0.05, 0) is 41.8 Å². The predicted octanol–water partition coefficient (Wildman–Crippen LogP) is 2.48. The van der Waals surface area contributed by atoms with Crippen LogP contribution in [0.1, 0.15) is 18.9 Å². The monoisotopic (exact) mass is 346 g/mol. The topological polar surface area (TPSA) is 73.8 Å². The van der Waals surface area contributed by atoms with Gasteiger partial charge >= 0.3 is 0 Å². The van der Waals surface area contributed by atoms with Crippen LogP contribution in [0.2, 0.25) is 0 Å². The van der Waals surface area contributed by atoms with Gasteiger partial charge in [0.1, 0.15) is 12.5 Å². The van der Waals surface area contributed by atoms with Crippen LogP contribution in [0.3, 0.4) is 0 Å². The van der Waals surface area contributed by atoms with E-state index in [1.165, 1.54) is 0 Å². The van der Waals surface area contributed by atoms with Gasteiger partial charge in [-0.25, -0.2) is 5.01 Å². The van der Waals surface area contributed by atoms with Crippen LogP contribution in [0.25, 0.3) is 17.2 Å². The van der Waals surface area contributed by atoms with Gasteiger partial charge in [0, 0.05) is 0 Å². The van der Waals surface area contributed by atoms with Crippen molar-refractivity contribution < 1.29 is 9.59 Å². The quantitative estimate of drug-likeness (QED) is 0.661. The maximum Gasteiger partial charge on any atom is 0.232 e. The minimum absolute atomic E-state index is 0.0769. The number of carbonyl (C=O) groups is 2. The Balaban J connectivity index is 1.65. The number of anilines is 1. The SMILES string of the molecule is CC1=NN(c2ccc(-c3ccccc3/C=C3\NC(=O)CC3=O)cc2)CN1. The predicted molar refractivity (Wildman–Crippen MR) is 101 cm³/mol. The molecule has 2 aliphatic heterocycles. The Hall–Kier alpha value is -3.41. The first-order valence-electron chi connectivity index (χ1n) is 8.41. The van der Waals surface area contributed by atoms with E-state index >= 15 is 0 Å². The molecular weight excluding hydrogens is 328 g/mol. The molecule has 26 heavy (non-hydrogen) atoms. The zero-order valence-corrected chi connectivity index (χ0v) is 14.3. The molecule has 0 aliphatic carbocycles. The Kier molecular flexibility index (Phi) is 4.01. The average molecular weight is 346 g/mol. The van der Waals surface area contributed by atoms with Crippen molar-refractivity contribution in [2.24, 2.45) is 5.10 Å². The number of hydrogen-bond acceptors (Lipinski definition) is 5. The summed E-state index contributed by atoms with van der Waals surface area (Å²) in [4.78, 5) is 23.3. The van der Waals surface area contributed by atoms with Crippen LogP contribution < -0.4 is 15.6 Å². The second kappa shape index (κ2) is 6.48. The summed E-state index contributed by atoms with van der Waals surface area (Å²) in [5.41, 5.74) is 4.28. The van der Waals surface area contributed by atoms with E-state index in [1.807, 2.05) is 60.5 Å². The molecule has 4 rings (SSSR count). The highest BCUT2D eigenvalue weighted by Crippen LogP contribution is 2.28. The lowest BCUT2D eigenvalue weighted by molar-refractivity contribution is -0.121. The molecular formula is C20H18N4O2. The minimum atomic E-state index is -0.252. The molecule has 130 valence electrons. The maximum atomic E-state index is 11.9. The molecule has 1 amide bonds. The number of hydrogen-bond donors (Lipinski definition) is 2. The molecule has 0 atom stereocenters. The highest BCUT2D eigenvalue weighted by Gasteiger charge is 2.24. The van der Waals surface area contributed by atoms with Crippen LogP contribution in [-0.4, -0.2) is 24.2 Å². The molecule has 2 N–H and O–H groups in total. The van der Waals surface area contributed by atoms with E-state index in [1.54, 1.807) is 6.08 Å². The van der Waals surface area contributed by atoms with E-state index in [-0.39, 0.29) is 18.1 Å². The fraction of sp³-hybridized carbons (Fsp3) is 0.150. The van der Waals surface area contributed by atoms with Crippen molar-refractivity contribution in [2.45, 2.75) is 13.3 Å². The summed E-state index contributed by atoms with van der Waals surface area (Å²) in [6.45, 7) is 2.59. The summed E-state index contributed by atoms with van der Waals surface area (Å²) in [7, 11) is 0. The van der Waals surface area contributed by atoms with E-state index in [4.69, 9.17) is 0 Å². The lowest BCUT2D eigenvalue weighted by Gasteiger charge is -2.14. The van der Waals surface area contributed by atoms with Gasteiger partial charge in [-0.3, -0.25) is 9.59 Å². The summed E-state index contributed by atoms with van der Waals surface area (Å²) < 4.78 is 0. The third kappa shape index (κ3) is 3.09. The van der Waals surface area contributed by atoms with Gasteiger partial charge in [-0.1, -0.05) is 36.4 Å². The van der Waals surface area contributed by atoms with Crippen molar-refractivity contribution in [1.82, 2.24) is 10.6 Å². The van der Waals surface area contributed by atoms with Gasteiger partial charge in [-0.2, -0.15) is 5.10 Å². The Labute approximate surface area is 151 Å². The van der Waals surface area contributed by atoms with Gasteiger partial charge in [0.15, 0.2) is 5.78 Å². The molecule has 2 aliphatic rings. The Morgan fingerprint density at radius 3 is 2.50 bits per heavy atom. The van der Waals surface area contributed by atoms with Crippen molar-refractivity contribution in [2.75, 3.05) is 11.7 Å². The second-order valence-electron chi connectivity index (χ2n) is 6.26. The van der Waals surface area contributed by atoms with Crippen molar-refractivity contribution in [3.8, 4) is 11.1 Å². The number of benzene rings is 2. The first-order valence-corrected chi connectivity index (χ1v) is 8.41. The largest absolute Gasteiger partial charge is 0.353 e. The van der Waals surface area contributed by atoms with E-state index in [0.717, 1.165) is 28.2 Å². The highest BCUT2D eigenvalue weighted by molar-refractivity contribution is 6.17. The minimum Gasteiger partial charge on any atom is -0.353 e. The number of amides is 1. The number of Topliss-reactive ketones (excluding diaryl/α,β-unsaturated/α-hetero) is 1. The zero-order chi connectivity index (χ0) is 18.1. The average Bonchev–Trinajstić information content (AvgIpc) is 3.21. The molecule has 0 saturated carbocycles. The van der Waals surface area contributed by atoms with E-state index in [0.29, 0.717) is 12.4 Å². The summed E-state index contributed by atoms with van der Waals surface area (Å²) in [5, 5.41) is 12.1. The molecule has 2 aromatic carbocycles. The van der Waals surface area contributed by atoms with Crippen LogP contribution in [0.5, 0.6) is 0 Å². The van der Waals surface area contributed by atoms with Crippen LogP contribution in [-0.2, 0) is 9.59 Å². The molecule has 0 radical (unpaired) electrons. The van der Waals surface area contributed by atoms with Crippen LogP contribution in [0, 0.1) is 0 Å². The zero-order valence-electron chi connectivity index (χ0n) is 14.3. The summed E-state index contributed by atoms with van der Waals surface area (Å²) in [6.07, 6.45) is 1.67. The molecule has 0 aromatic heterocycles. The fourth-order valence-corrected chi connectivity index (χ4v) is 3.07. The van der Waals surface area contributed by atoms with Crippen LogP contribution in [0.4, 0.5) is 5.69 Å². The Morgan fingerprint density at radius 2 is 1.85 bits per heavy atom. The maximum absolute atomic E-state index is 11.9. The first-order chi connectivity index (χ1) is 12.6. The first kappa shape index (κ1) is 16.1.